The van der Waals surface area contributed by atoms with Crippen molar-refractivity contribution in [3.8, 4) is 5.75 Å². The molecule has 0 aliphatic heterocycles. The van der Waals surface area contributed by atoms with Crippen LogP contribution in [-0.4, -0.2) is 39.6 Å². The first-order chi connectivity index (χ1) is 13.4. The molecule has 1 saturated carbocycles. The fourth-order valence-corrected chi connectivity index (χ4v) is 4.76. The SMILES string of the molecule is CCOc1ccc(CC(=O)NCC2CCCCC2)cc1S(=O)(=O)NC(=S)NC. The molecule has 1 aliphatic carbocycles. The van der Waals surface area contributed by atoms with Crippen LogP contribution in [0.25, 0.3) is 0 Å². The number of sulfonamides is 1. The van der Waals surface area contributed by atoms with Gasteiger partial charge in [0.05, 0.1) is 13.0 Å². The van der Waals surface area contributed by atoms with Crippen LogP contribution in [0.1, 0.15) is 44.6 Å². The van der Waals surface area contributed by atoms with Crippen LogP contribution in [0.15, 0.2) is 23.1 Å². The summed E-state index contributed by atoms with van der Waals surface area (Å²) in [6, 6.07) is 4.75. The van der Waals surface area contributed by atoms with Crippen molar-refractivity contribution in [3.05, 3.63) is 23.8 Å². The van der Waals surface area contributed by atoms with Crippen LogP contribution in [0.2, 0.25) is 0 Å². The predicted molar refractivity (Wildman–Crippen MR) is 113 cm³/mol. The molecule has 0 radical (unpaired) electrons. The van der Waals surface area contributed by atoms with Crippen LogP contribution < -0.4 is 20.1 Å². The second kappa shape index (κ2) is 10.6. The van der Waals surface area contributed by atoms with Crippen molar-refractivity contribution in [2.75, 3.05) is 20.2 Å². The molecule has 7 nitrogen and oxygen atoms in total. The minimum atomic E-state index is -3.92. The highest BCUT2D eigenvalue weighted by atomic mass is 32.2. The fraction of sp³-hybridized carbons (Fsp3) is 0.579. The number of hydrogen-bond donors (Lipinski definition) is 3. The van der Waals surface area contributed by atoms with E-state index in [1.54, 1.807) is 19.1 Å². The topological polar surface area (TPSA) is 96.5 Å². The van der Waals surface area contributed by atoms with Gasteiger partial charge < -0.3 is 15.4 Å². The Morgan fingerprint density at radius 3 is 2.61 bits per heavy atom. The summed E-state index contributed by atoms with van der Waals surface area (Å²) in [4.78, 5) is 12.3. The maximum Gasteiger partial charge on any atom is 0.267 e. The lowest BCUT2D eigenvalue weighted by Gasteiger charge is -2.21. The maximum absolute atomic E-state index is 12.6. The van der Waals surface area contributed by atoms with E-state index in [0.29, 0.717) is 24.6 Å². The van der Waals surface area contributed by atoms with Gasteiger partial charge in [0.1, 0.15) is 10.6 Å². The highest BCUT2D eigenvalue weighted by Gasteiger charge is 2.22. The van der Waals surface area contributed by atoms with Crippen molar-refractivity contribution in [3.63, 3.8) is 0 Å². The summed E-state index contributed by atoms with van der Waals surface area (Å²) in [6.45, 7) is 2.77. The number of amides is 1. The number of nitrogens with one attached hydrogen (secondary N) is 3. The maximum atomic E-state index is 12.6. The van der Waals surface area contributed by atoms with Gasteiger partial charge in [-0.15, -0.1) is 0 Å². The van der Waals surface area contributed by atoms with Crippen molar-refractivity contribution in [2.24, 2.45) is 5.92 Å². The van der Waals surface area contributed by atoms with E-state index in [1.807, 2.05) is 0 Å². The molecule has 0 aromatic heterocycles. The lowest BCUT2D eigenvalue weighted by Crippen LogP contribution is -2.37. The van der Waals surface area contributed by atoms with Crippen molar-refractivity contribution in [1.82, 2.24) is 15.4 Å². The van der Waals surface area contributed by atoms with E-state index in [1.165, 1.54) is 32.4 Å². The molecule has 9 heteroatoms. The first kappa shape index (κ1) is 22.4. The smallest absolute Gasteiger partial charge is 0.267 e. The highest BCUT2D eigenvalue weighted by Crippen LogP contribution is 2.26. The average molecular weight is 428 g/mol. The largest absolute Gasteiger partial charge is 0.492 e. The van der Waals surface area contributed by atoms with Gasteiger partial charge in [0.25, 0.3) is 10.0 Å². The van der Waals surface area contributed by atoms with E-state index in [0.717, 1.165) is 12.8 Å². The van der Waals surface area contributed by atoms with Gasteiger partial charge in [-0.3, -0.25) is 9.52 Å². The number of thiocarbonyl (C=S) groups is 1. The Labute approximate surface area is 172 Å². The van der Waals surface area contributed by atoms with Gasteiger partial charge in [-0.2, -0.15) is 0 Å². The standard InChI is InChI=1S/C19H29N3O4S2/c1-3-26-16-10-9-15(11-17(16)28(24,25)22-19(27)20-2)12-18(23)21-13-14-7-5-4-6-8-14/h9-11,14H,3-8,12-13H2,1-2H3,(H,21,23)(H2,20,22,27). The zero-order valence-corrected chi connectivity index (χ0v) is 18.0. The Balaban J connectivity index is 2.10. The van der Waals surface area contributed by atoms with Crippen molar-refractivity contribution >= 4 is 33.3 Å². The van der Waals surface area contributed by atoms with Gasteiger partial charge in [-0.25, -0.2) is 8.42 Å². The molecule has 3 N–H and O–H groups in total. The Morgan fingerprint density at radius 2 is 1.96 bits per heavy atom. The summed E-state index contributed by atoms with van der Waals surface area (Å²) in [7, 11) is -2.39. The first-order valence-electron chi connectivity index (χ1n) is 9.62. The summed E-state index contributed by atoms with van der Waals surface area (Å²) in [5.41, 5.74) is 0.598. The second-order valence-electron chi connectivity index (χ2n) is 6.88. The molecule has 1 aliphatic rings. The van der Waals surface area contributed by atoms with Crippen molar-refractivity contribution < 1.29 is 17.9 Å². The number of carbonyl (C=O) groups is 1. The fourth-order valence-electron chi connectivity index (χ4n) is 3.27. The molecule has 1 aromatic carbocycles. The minimum Gasteiger partial charge on any atom is -0.492 e. The summed E-state index contributed by atoms with van der Waals surface area (Å²) in [5.74, 6) is 0.651. The number of ether oxygens (including phenoxy) is 1. The van der Waals surface area contributed by atoms with Crippen molar-refractivity contribution in [1.29, 1.82) is 0 Å². The number of carbonyl (C=O) groups excluding carboxylic acids is 1. The van der Waals surface area contributed by atoms with Crippen LogP contribution in [-0.2, 0) is 21.2 Å². The monoisotopic (exact) mass is 427 g/mol. The average Bonchev–Trinajstić information content (AvgIpc) is 2.68. The molecule has 0 saturated heterocycles. The first-order valence-corrected chi connectivity index (χ1v) is 11.5. The third kappa shape index (κ3) is 6.63. The Morgan fingerprint density at radius 1 is 1.25 bits per heavy atom. The quantitative estimate of drug-likeness (QED) is 0.550. The van der Waals surface area contributed by atoms with Gasteiger partial charge in [0.2, 0.25) is 5.91 Å². The molecule has 1 fully saturated rings. The molecule has 28 heavy (non-hydrogen) atoms. The zero-order chi connectivity index (χ0) is 20.6. The Hall–Kier alpha value is -1.87. The summed E-state index contributed by atoms with van der Waals surface area (Å²) in [5, 5.41) is 5.53. The molecular weight excluding hydrogens is 398 g/mol. The lowest BCUT2D eigenvalue weighted by atomic mass is 9.89. The van der Waals surface area contributed by atoms with Gasteiger partial charge in [0.15, 0.2) is 5.11 Å². The minimum absolute atomic E-state index is 0.0157. The molecule has 0 heterocycles. The van der Waals surface area contributed by atoms with E-state index >= 15 is 0 Å². The summed E-state index contributed by atoms with van der Waals surface area (Å²) >= 11 is 4.90. The van der Waals surface area contributed by atoms with Gasteiger partial charge in [-0.05, 0) is 55.6 Å². The van der Waals surface area contributed by atoms with Gasteiger partial charge in [0, 0.05) is 13.6 Å². The van der Waals surface area contributed by atoms with Crippen LogP contribution in [0.5, 0.6) is 5.75 Å². The van der Waals surface area contributed by atoms with E-state index in [9.17, 15) is 13.2 Å². The molecule has 1 amide bonds. The van der Waals surface area contributed by atoms with Crippen LogP contribution in [0.3, 0.4) is 0 Å². The van der Waals surface area contributed by atoms with E-state index in [2.05, 4.69) is 15.4 Å². The van der Waals surface area contributed by atoms with Crippen LogP contribution in [0.4, 0.5) is 0 Å². The molecule has 0 spiro atoms. The molecule has 1 aromatic rings. The molecular formula is C19H29N3O4S2. The molecule has 0 atom stereocenters. The van der Waals surface area contributed by atoms with Crippen LogP contribution >= 0.6 is 12.2 Å². The number of hydrogen-bond acceptors (Lipinski definition) is 5. The predicted octanol–water partition coefficient (Wildman–Crippen LogP) is 2.11. The lowest BCUT2D eigenvalue weighted by molar-refractivity contribution is -0.120. The number of rotatable bonds is 8. The van der Waals surface area contributed by atoms with E-state index in [4.69, 9.17) is 17.0 Å². The summed E-state index contributed by atoms with van der Waals surface area (Å²) < 4.78 is 33.0. The zero-order valence-electron chi connectivity index (χ0n) is 16.4. The van der Waals surface area contributed by atoms with Crippen molar-refractivity contribution in [2.45, 2.75) is 50.3 Å². The Kier molecular flexibility index (Phi) is 8.50. The van der Waals surface area contributed by atoms with E-state index in [-0.39, 0.29) is 28.1 Å². The third-order valence-corrected chi connectivity index (χ3v) is 6.54. The summed E-state index contributed by atoms with van der Waals surface area (Å²) in [6.07, 6.45) is 6.15. The van der Waals surface area contributed by atoms with Crippen LogP contribution in [0, 0.1) is 5.92 Å². The Bertz CT molecular complexity index is 790. The third-order valence-electron chi connectivity index (χ3n) is 4.73. The van der Waals surface area contributed by atoms with Gasteiger partial charge >= 0.3 is 0 Å². The molecule has 0 unspecified atom stereocenters. The molecule has 0 bridgehead atoms. The second-order valence-corrected chi connectivity index (χ2v) is 8.94. The van der Waals surface area contributed by atoms with Gasteiger partial charge in [-0.1, -0.05) is 25.3 Å². The molecule has 2 rings (SSSR count). The van der Waals surface area contributed by atoms with E-state index < -0.39 is 10.0 Å². The normalized spacial score (nSPS) is 14.9. The highest BCUT2D eigenvalue weighted by molar-refractivity contribution is 7.92. The molecule has 156 valence electrons. The number of benzene rings is 1.